The molecule has 0 aromatic heterocycles. The van der Waals surface area contributed by atoms with Crippen molar-refractivity contribution in [2.75, 3.05) is 17.7 Å². The van der Waals surface area contributed by atoms with E-state index in [1.165, 1.54) is 17.5 Å². The molecule has 0 aliphatic heterocycles. The summed E-state index contributed by atoms with van der Waals surface area (Å²) < 4.78 is 0. The molecular formula is C17H22N2. The van der Waals surface area contributed by atoms with Crippen molar-refractivity contribution in [3.63, 3.8) is 0 Å². The van der Waals surface area contributed by atoms with Crippen molar-refractivity contribution in [2.45, 2.75) is 26.7 Å². The van der Waals surface area contributed by atoms with Crippen molar-refractivity contribution < 1.29 is 0 Å². The lowest BCUT2D eigenvalue weighted by atomic mass is 10.1. The van der Waals surface area contributed by atoms with Gasteiger partial charge in [0.15, 0.2) is 0 Å². The number of hydrogen-bond acceptors (Lipinski definition) is 2. The number of nitrogens with zero attached hydrogens (tertiary/aromatic N) is 1. The number of nitrogens with two attached hydrogens (primary N) is 1. The molecule has 0 saturated heterocycles. The van der Waals surface area contributed by atoms with E-state index in [4.69, 9.17) is 5.73 Å². The Morgan fingerprint density at radius 1 is 1.05 bits per heavy atom. The van der Waals surface area contributed by atoms with Crippen LogP contribution in [0.4, 0.5) is 17.1 Å². The summed E-state index contributed by atoms with van der Waals surface area (Å²) in [7, 11) is 2.05. The van der Waals surface area contributed by atoms with Crippen molar-refractivity contribution in [2.24, 2.45) is 0 Å². The minimum absolute atomic E-state index is 0.820. The predicted octanol–water partition coefficient (Wildman–Crippen LogP) is 4.30. The molecule has 0 saturated carbocycles. The van der Waals surface area contributed by atoms with Gasteiger partial charge in [-0.3, -0.25) is 0 Å². The molecule has 100 valence electrons. The third-order valence-corrected chi connectivity index (χ3v) is 3.41. The van der Waals surface area contributed by atoms with Gasteiger partial charge in [-0.05, 0) is 48.7 Å². The molecule has 0 spiro atoms. The van der Waals surface area contributed by atoms with Gasteiger partial charge >= 0.3 is 0 Å². The highest BCUT2D eigenvalue weighted by molar-refractivity contribution is 5.74. The molecule has 2 N–H and O–H groups in total. The fraction of sp³-hybridized carbons (Fsp3) is 0.294. The second-order valence-electron chi connectivity index (χ2n) is 5.04. The topological polar surface area (TPSA) is 29.3 Å². The maximum Gasteiger partial charge on any atom is 0.0641 e. The molecule has 0 bridgehead atoms. The van der Waals surface area contributed by atoms with Gasteiger partial charge < -0.3 is 10.6 Å². The highest BCUT2D eigenvalue weighted by atomic mass is 15.1. The smallest absolute Gasteiger partial charge is 0.0641 e. The zero-order valence-electron chi connectivity index (χ0n) is 12.0. The average Bonchev–Trinajstić information content (AvgIpc) is 2.39. The standard InChI is InChI=1S/C17H22N2/c1-4-5-14-7-9-15(10-8-14)19(3)17-11-6-13(2)12-16(17)18/h6-12H,4-5,18H2,1-3H3. The van der Waals surface area contributed by atoms with E-state index in [0.29, 0.717) is 0 Å². The molecule has 0 heterocycles. The number of benzene rings is 2. The third kappa shape index (κ3) is 3.08. The summed E-state index contributed by atoms with van der Waals surface area (Å²) in [6.45, 7) is 4.26. The molecule has 2 nitrogen and oxygen atoms in total. The Morgan fingerprint density at radius 2 is 1.74 bits per heavy atom. The molecule has 2 heteroatoms. The van der Waals surface area contributed by atoms with Crippen molar-refractivity contribution >= 4 is 17.1 Å². The van der Waals surface area contributed by atoms with Gasteiger partial charge in [0.05, 0.1) is 11.4 Å². The molecule has 19 heavy (non-hydrogen) atoms. The first-order valence-corrected chi connectivity index (χ1v) is 6.80. The number of nitrogen functional groups attached to an aromatic ring is 1. The lowest BCUT2D eigenvalue weighted by Gasteiger charge is -2.22. The Bertz CT molecular complexity index is 544. The van der Waals surface area contributed by atoms with Crippen LogP contribution in [0.25, 0.3) is 0 Å². The van der Waals surface area contributed by atoms with Gasteiger partial charge in [-0.2, -0.15) is 0 Å². The highest BCUT2D eigenvalue weighted by Crippen LogP contribution is 2.29. The summed E-state index contributed by atoms with van der Waals surface area (Å²) >= 11 is 0. The second-order valence-corrected chi connectivity index (χ2v) is 5.04. The summed E-state index contributed by atoms with van der Waals surface area (Å²) in [4.78, 5) is 2.13. The molecule has 0 radical (unpaired) electrons. The van der Waals surface area contributed by atoms with Crippen LogP contribution >= 0.6 is 0 Å². The van der Waals surface area contributed by atoms with Gasteiger partial charge in [0, 0.05) is 12.7 Å². The first-order valence-electron chi connectivity index (χ1n) is 6.80. The summed E-state index contributed by atoms with van der Waals surface area (Å²) in [5.41, 5.74) is 11.7. The Hall–Kier alpha value is -1.96. The Balaban J connectivity index is 2.25. The van der Waals surface area contributed by atoms with E-state index in [9.17, 15) is 0 Å². The van der Waals surface area contributed by atoms with E-state index in [-0.39, 0.29) is 0 Å². The van der Waals surface area contributed by atoms with Crippen LogP contribution in [0.1, 0.15) is 24.5 Å². The van der Waals surface area contributed by atoms with Crippen LogP contribution in [0, 0.1) is 6.92 Å². The second kappa shape index (κ2) is 5.79. The number of anilines is 3. The fourth-order valence-corrected chi connectivity index (χ4v) is 2.29. The Morgan fingerprint density at radius 3 is 2.32 bits per heavy atom. The molecule has 2 aromatic rings. The van der Waals surface area contributed by atoms with Gasteiger partial charge in [0.25, 0.3) is 0 Å². The summed E-state index contributed by atoms with van der Waals surface area (Å²) in [6, 6.07) is 14.9. The molecule has 0 unspecified atom stereocenters. The quantitative estimate of drug-likeness (QED) is 0.824. The highest BCUT2D eigenvalue weighted by Gasteiger charge is 2.07. The minimum Gasteiger partial charge on any atom is -0.397 e. The van der Waals surface area contributed by atoms with Crippen LogP contribution in [0.3, 0.4) is 0 Å². The SMILES string of the molecule is CCCc1ccc(N(C)c2ccc(C)cc2N)cc1. The third-order valence-electron chi connectivity index (χ3n) is 3.41. The predicted molar refractivity (Wildman–Crippen MR) is 84.1 cm³/mol. The molecule has 0 aliphatic carbocycles. The first-order chi connectivity index (χ1) is 9.11. The normalized spacial score (nSPS) is 10.5. The molecule has 2 rings (SSSR count). The van der Waals surface area contributed by atoms with Crippen molar-refractivity contribution in [1.29, 1.82) is 0 Å². The van der Waals surface area contributed by atoms with Crippen LogP contribution in [-0.2, 0) is 6.42 Å². The van der Waals surface area contributed by atoms with Gasteiger partial charge in [-0.15, -0.1) is 0 Å². The van der Waals surface area contributed by atoms with Crippen molar-refractivity contribution in [3.8, 4) is 0 Å². The van der Waals surface area contributed by atoms with Crippen molar-refractivity contribution in [1.82, 2.24) is 0 Å². The maximum absolute atomic E-state index is 6.10. The molecule has 0 fully saturated rings. The molecule has 0 aliphatic rings. The van der Waals surface area contributed by atoms with E-state index in [1.807, 2.05) is 6.07 Å². The van der Waals surface area contributed by atoms with Crippen LogP contribution < -0.4 is 10.6 Å². The molecular weight excluding hydrogens is 232 g/mol. The van der Waals surface area contributed by atoms with Crippen LogP contribution in [0.15, 0.2) is 42.5 Å². The summed E-state index contributed by atoms with van der Waals surface area (Å²) in [5.74, 6) is 0. The zero-order valence-corrected chi connectivity index (χ0v) is 12.0. The largest absolute Gasteiger partial charge is 0.397 e. The van der Waals surface area contributed by atoms with Gasteiger partial charge in [0.2, 0.25) is 0 Å². The molecule has 0 atom stereocenters. The number of aryl methyl sites for hydroxylation is 2. The van der Waals surface area contributed by atoms with Gasteiger partial charge in [0.1, 0.15) is 0 Å². The average molecular weight is 254 g/mol. The van der Waals surface area contributed by atoms with E-state index < -0.39 is 0 Å². The Kier molecular flexibility index (Phi) is 4.10. The first kappa shape index (κ1) is 13.5. The fourth-order valence-electron chi connectivity index (χ4n) is 2.29. The summed E-state index contributed by atoms with van der Waals surface area (Å²) in [6.07, 6.45) is 2.32. The van der Waals surface area contributed by atoms with Crippen molar-refractivity contribution in [3.05, 3.63) is 53.6 Å². The van der Waals surface area contributed by atoms with Gasteiger partial charge in [-0.25, -0.2) is 0 Å². The van der Waals surface area contributed by atoms with E-state index in [1.54, 1.807) is 0 Å². The lowest BCUT2D eigenvalue weighted by Crippen LogP contribution is -2.11. The molecule has 0 amide bonds. The summed E-state index contributed by atoms with van der Waals surface area (Å²) in [5, 5.41) is 0. The van der Waals surface area contributed by atoms with Crippen LogP contribution in [0.2, 0.25) is 0 Å². The van der Waals surface area contributed by atoms with E-state index in [2.05, 4.69) is 62.2 Å². The Labute approximate surface area is 115 Å². The van der Waals surface area contributed by atoms with Gasteiger partial charge in [-0.1, -0.05) is 31.5 Å². The van der Waals surface area contributed by atoms with E-state index in [0.717, 1.165) is 23.5 Å². The number of hydrogen-bond donors (Lipinski definition) is 1. The van der Waals surface area contributed by atoms with Crippen LogP contribution in [0.5, 0.6) is 0 Å². The monoisotopic (exact) mass is 254 g/mol. The zero-order chi connectivity index (χ0) is 13.8. The van der Waals surface area contributed by atoms with E-state index >= 15 is 0 Å². The maximum atomic E-state index is 6.10. The minimum atomic E-state index is 0.820. The molecule has 2 aromatic carbocycles. The lowest BCUT2D eigenvalue weighted by molar-refractivity contribution is 0.921. The number of rotatable bonds is 4. The van der Waals surface area contributed by atoms with Crippen LogP contribution in [-0.4, -0.2) is 7.05 Å².